The van der Waals surface area contributed by atoms with Gasteiger partial charge in [-0.05, 0) is 38.8 Å². The van der Waals surface area contributed by atoms with Gasteiger partial charge < -0.3 is 30.7 Å². The Hall–Kier alpha value is -1.03. The van der Waals surface area contributed by atoms with Crippen LogP contribution in [0, 0.1) is 0 Å². The second-order valence-electron chi connectivity index (χ2n) is 10.0. The number of hydrogen-bond donors (Lipinski definition) is 4. The lowest BCUT2D eigenvalue weighted by Gasteiger charge is -2.18. The standard InChI is InChI=1S/C27H55N2O8P/c28-21-17-13-9-5-1-3-7-11-15-19-26(30)35-23-25(24-36-38(32,33)34)37-27(31)20-16-12-8-4-2-6-10-14-18-22-29/h25H,1-24,28-29H2,(H2,32,33,34)/t25-/m1/s1. The molecule has 0 aliphatic rings. The van der Waals surface area contributed by atoms with Crippen molar-refractivity contribution in [3.05, 3.63) is 0 Å². The summed E-state index contributed by atoms with van der Waals surface area (Å²) in [5.41, 5.74) is 11.0. The van der Waals surface area contributed by atoms with Gasteiger partial charge in [0.1, 0.15) is 6.61 Å². The first-order valence-electron chi connectivity index (χ1n) is 14.7. The van der Waals surface area contributed by atoms with Gasteiger partial charge in [0.05, 0.1) is 6.61 Å². The van der Waals surface area contributed by atoms with Gasteiger partial charge in [-0.1, -0.05) is 89.9 Å². The van der Waals surface area contributed by atoms with Crippen LogP contribution in [0.1, 0.15) is 128 Å². The molecule has 0 aromatic heterocycles. The molecule has 0 saturated carbocycles. The summed E-state index contributed by atoms with van der Waals surface area (Å²) in [5.74, 6) is -0.919. The Balaban J connectivity index is 4.04. The van der Waals surface area contributed by atoms with Crippen molar-refractivity contribution in [1.82, 2.24) is 0 Å². The van der Waals surface area contributed by atoms with E-state index in [9.17, 15) is 14.2 Å². The third-order valence-electron chi connectivity index (χ3n) is 6.33. The second kappa shape index (κ2) is 26.2. The number of phosphoric ester groups is 1. The van der Waals surface area contributed by atoms with Crippen LogP contribution in [0.4, 0.5) is 0 Å². The summed E-state index contributed by atoms with van der Waals surface area (Å²) >= 11 is 0. The first-order valence-corrected chi connectivity index (χ1v) is 16.3. The molecule has 0 rings (SSSR count). The van der Waals surface area contributed by atoms with Gasteiger partial charge in [0.2, 0.25) is 0 Å². The van der Waals surface area contributed by atoms with Crippen LogP contribution in [0.25, 0.3) is 0 Å². The molecule has 0 bridgehead atoms. The first-order chi connectivity index (χ1) is 18.3. The van der Waals surface area contributed by atoms with E-state index in [1.807, 2.05) is 0 Å². The van der Waals surface area contributed by atoms with Gasteiger partial charge in [-0.3, -0.25) is 14.1 Å². The molecule has 0 aliphatic carbocycles. The minimum atomic E-state index is -4.74. The molecular weight excluding hydrogens is 511 g/mol. The lowest BCUT2D eigenvalue weighted by Crippen LogP contribution is -2.29. The Morgan fingerprint density at radius 3 is 1.34 bits per heavy atom. The number of unbranched alkanes of at least 4 members (excludes halogenated alkanes) is 16. The second-order valence-corrected chi connectivity index (χ2v) is 11.3. The van der Waals surface area contributed by atoms with E-state index in [0.29, 0.717) is 12.8 Å². The van der Waals surface area contributed by atoms with Gasteiger partial charge >= 0.3 is 19.8 Å². The molecule has 6 N–H and O–H groups in total. The SMILES string of the molecule is NCCCCCCCCCCCC(=O)OC[C@H](COP(=O)(O)O)OC(=O)CCCCCCCCCCCN. The zero-order chi connectivity index (χ0) is 28.3. The number of phosphoric acid groups is 1. The number of ether oxygens (including phenoxy) is 2. The summed E-state index contributed by atoms with van der Waals surface area (Å²) in [7, 11) is -4.74. The van der Waals surface area contributed by atoms with Crippen LogP contribution >= 0.6 is 7.82 Å². The number of rotatable bonds is 28. The quantitative estimate of drug-likeness (QED) is 0.0555. The van der Waals surface area contributed by atoms with E-state index in [-0.39, 0.29) is 19.4 Å². The van der Waals surface area contributed by atoms with Crippen molar-refractivity contribution in [1.29, 1.82) is 0 Å². The molecule has 0 radical (unpaired) electrons. The zero-order valence-corrected chi connectivity index (χ0v) is 24.4. The Morgan fingerprint density at radius 2 is 0.947 bits per heavy atom. The third-order valence-corrected chi connectivity index (χ3v) is 6.81. The summed E-state index contributed by atoms with van der Waals surface area (Å²) < 4.78 is 26.0. The lowest BCUT2D eigenvalue weighted by molar-refractivity contribution is -0.161. The summed E-state index contributed by atoms with van der Waals surface area (Å²) in [6.45, 7) is 0.672. The fraction of sp³-hybridized carbons (Fsp3) is 0.926. The first kappa shape index (κ1) is 37.0. The highest BCUT2D eigenvalue weighted by Crippen LogP contribution is 2.35. The van der Waals surface area contributed by atoms with Crippen LogP contribution in [0.3, 0.4) is 0 Å². The van der Waals surface area contributed by atoms with Crippen molar-refractivity contribution in [2.24, 2.45) is 11.5 Å². The maximum Gasteiger partial charge on any atom is 0.469 e. The largest absolute Gasteiger partial charge is 0.469 e. The van der Waals surface area contributed by atoms with E-state index in [1.165, 1.54) is 51.4 Å². The van der Waals surface area contributed by atoms with Crippen molar-refractivity contribution in [3.63, 3.8) is 0 Å². The van der Waals surface area contributed by atoms with E-state index in [1.54, 1.807) is 0 Å². The molecule has 0 heterocycles. The number of carbonyl (C=O) groups excluding carboxylic acids is 2. The molecule has 0 spiro atoms. The Kier molecular flexibility index (Phi) is 25.5. The third kappa shape index (κ3) is 28.0. The molecule has 0 fully saturated rings. The molecule has 0 aromatic carbocycles. The molecule has 11 heteroatoms. The van der Waals surface area contributed by atoms with Crippen LogP contribution in [-0.2, 0) is 28.2 Å². The predicted octanol–water partition coefficient (Wildman–Crippen LogP) is 5.27. The van der Waals surface area contributed by atoms with Crippen molar-refractivity contribution in [2.75, 3.05) is 26.3 Å². The van der Waals surface area contributed by atoms with E-state index in [0.717, 1.165) is 64.5 Å². The molecule has 10 nitrogen and oxygen atoms in total. The lowest BCUT2D eigenvalue weighted by atomic mass is 10.1. The van der Waals surface area contributed by atoms with Gasteiger partial charge in [-0.25, -0.2) is 4.57 Å². The summed E-state index contributed by atoms with van der Waals surface area (Å²) in [6, 6.07) is 0. The topological polar surface area (TPSA) is 171 Å². The number of carbonyl (C=O) groups is 2. The highest BCUT2D eigenvalue weighted by Gasteiger charge is 2.22. The van der Waals surface area contributed by atoms with Gasteiger partial charge in [-0.2, -0.15) is 0 Å². The molecule has 226 valence electrons. The minimum absolute atomic E-state index is 0.198. The van der Waals surface area contributed by atoms with E-state index < -0.39 is 32.5 Å². The molecule has 38 heavy (non-hydrogen) atoms. The number of esters is 2. The maximum absolute atomic E-state index is 12.2. The fourth-order valence-electron chi connectivity index (χ4n) is 4.10. The van der Waals surface area contributed by atoms with Crippen LogP contribution in [-0.4, -0.2) is 54.1 Å². The number of hydrogen-bond acceptors (Lipinski definition) is 8. The minimum Gasteiger partial charge on any atom is -0.462 e. The molecule has 0 unspecified atom stereocenters. The van der Waals surface area contributed by atoms with Crippen molar-refractivity contribution < 1.29 is 37.9 Å². The van der Waals surface area contributed by atoms with E-state index in [4.69, 9.17) is 30.7 Å². The average molecular weight is 567 g/mol. The normalized spacial score (nSPS) is 12.4. The zero-order valence-electron chi connectivity index (χ0n) is 23.5. The predicted molar refractivity (Wildman–Crippen MR) is 149 cm³/mol. The maximum atomic E-state index is 12.2. The van der Waals surface area contributed by atoms with Gasteiger partial charge in [0.25, 0.3) is 0 Å². The highest BCUT2D eigenvalue weighted by atomic mass is 31.2. The highest BCUT2D eigenvalue weighted by molar-refractivity contribution is 7.46. The number of nitrogens with two attached hydrogens (primary N) is 2. The van der Waals surface area contributed by atoms with Gasteiger partial charge in [-0.15, -0.1) is 0 Å². The molecule has 0 amide bonds. The molecule has 1 atom stereocenters. The van der Waals surface area contributed by atoms with E-state index >= 15 is 0 Å². The summed E-state index contributed by atoms with van der Waals surface area (Å²) in [4.78, 5) is 42.2. The Labute approximate surface area is 230 Å². The fourth-order valence-corrected chi connectivity index (χ4v) is 4.46. The van der Waals surface area contributed by atoms with Crippen molar-refractivity contribution >= 4 is 19.8 Å². The molecule has 0 aromatic rings. The Morgan fingerprint density at radius 1 is 0.579 bits per heavy atom. The van der Waals surface area contributed by atoms with Crippen LogP contribution in [0.15, 0.2) is 0 Å². The molecular formula is C27H55N2O8P. The molecule has 0 saturated heterocycles. The van der Waals surface area contributed by atoms with Crippen LogP contribution in [0.2, 0.25) is 0 Å². The monoisotopic (exact) mass is 566 g/mol. The van der Waals surface area contributed by atoms with Gasteiger partial charge in [0, 0.05) is 12.8 Å². The van der Waals surface area contributed by atoms with Crippen molar-refractivity contribution in [3.8, 4) is 0 Å². The summed E-state index contributed by atoms with van der Waals surface area (Å²) in [6.07, 6.45) is 18.8. The van der Waals surface area contributed by atoms with Crippen LogP contribution in [0.5, 0.6) is 0 Å². The van der Waals surface area contributed by atoms with Gasteiger partial charge in [0.15, 0.2) is 6.10 Å². The van der Waals surface area contributed by atoms with E-state index in [2.05, 4.69) is 4.52 Å². The summed E-state index contributed by atoms with van der Waals surface area (Å²) in [5, 5.41) is 0. The average Bonchev–Trinajstić information content (AvgIpc) is 2.87. The van der Waals surface area contributed by atoms with Crippen molar-refractivity contribution in [2.45, 2.75) is 135 Å². The Bertz CT molecular complexity index is 618. The molecule has 0 aliphatic heterocycles. The van der Waals surface area contributed by atoms with Crippen LogP contribution < -0.4 is 11.5 Å². The smallest absolute Gasteiger partial charge is 0.462 e.